The Morgan fingerprint density at radius 1 is 0.892 bits per heavy atom. The van der Waals surface area contributed by atoms with Crippen LogP contribution in [0.3, 0.4) is 0 Å². The van der Waals surface area contributed by atoms with Crippen molar-refractivity contribution in [3.05, 3.63) is 71.8 Å². The number of aliphatic carboxylic acids is 1. The number of ether oxygens (including phenoxy) is 1. The van der Waals surface area contributed by atoms with Crippen molar-refractivity contribution in [2.45, 2.75) is 63.5 Å². The van der Waals surface area contributed by atoms with E-state index >= 15 is 0 Å². The number of likely N-dealkylation sites (tertiary alicyclic amines) is 2. The molecule has 5 nitrogen and oxygen atoms in total. The van der Waals surface area contributed by atoms with Gasteiger partial charge >= 0.3 is 5.97 Å². The molecule has 3 atom stereocenters. The number of hydrogen-bond donors (Lipinski definition) is 1. The highest BCUT2D eigenvalue weighted by molar-refractivity contribution is 5.74. The van der Waals surface area contributed by atoms with E-state index in [0.717, 1.165) is 52.2 Å². The zero-order chi connectivity index (χ0) is 25.5. The number of hydrogen-bond acceptors (Lipinski definition) is 4. The maximum atomic E-state index is 12.5. The van der Waals surface area contributed by atoms with E-state index in [9.17, 15) is 9.90 Å². The molecule has 3 aliphatic rings. The number of carboxylic acid groups (broad SMARTS) is 1. The summed E-state index contributed by atoms with van der Waals surface area (Å²) >= 11 is 0. The molecule has 0 spiro atoms. The quantitative estimate of drug-likeness (QED) is 0.452. The lowest BCUT2D eigenvalue weighted by Gasteiger charge is -2.35. The van der Waals surface area contributed by atoms with Gasteiger partial charge in [-0.05, 0) is 67.7 Å². The Labute approximate surface area is 222 Å². The zero-order valence-electron chi connectivity index (χ0n) is 22.2. The molecule has 1 saturated carbocycles. The highest BCUT2D eigenvalue weighted by Crippen LogP contribution is 2.38. The molecule has 5 heteroatoms. The largest absolute Gasteiger partial charge is 0.480 e. The fourth-order valence-corrected chi connectivity index (χ4v) is 7.09. The van der Waals surface area contributed by atoms with Gasteiger partial charge in [-0.2, -0.15) is 0 Å². The van der Waals surface area contributed by atoms with E-state index in [2.05, 4.69) is 64.4 Å². The monoisotopic (exact) mass is 504 g/mol. The lowest BCUT2D eigenvalue weighted by Crippen LogP contribution is -2.46. The first-order chi connectivity index (χ1) is 18.2. The van der Waals surface area contributed by atoms with Gasteiger partial charge < -0.3 is 14.7 Å². The van der Waals surface area contributed by atoms with Crippen LogP contribution in [0.5, 0.6) is 0 Å². The first-order valence-electron chi connectivity index (χ1n) is 14.5. The van der Waals surface area contributed by atoms with E-state index in [-0.39, 0.29) is 6.04 Å². The summed E-state index contributed by atoms with van der Waals surface area (Å²) in [6.45, 7) is 6.59. The van der Waals surface area contributed by atoms with Gasteiger partial charge in [-0.15, -0.1) is 0 Å². The minimum absolute atomic E-state index is 0.299. The smallest absolute Gasteiger partial charge is 0.321 e. The number of piperidine rings is 1. The van der Waals surface area contributed by atoms with Gasteiger partial charge in [0.2, 0.25) is 0 Å². The van der Waals surface area contributed by atoms with E-state index < -0.39 is 5.97 Å². The van der Waals surface area contributed by atoms with Crippen molar-refractivity contribution in [2.24, 2.45) is 17.8 Å². The van der Waals surface area contributed by atoms with E-state index in [0.29, 0.717) is 30.3 Å². The number of benzene rings is 2. The summed E-state index contributed by atoms with van der Waals surface area (Å²) < 4.78 is 6.04. The fraction of sp³-hybridized carbons (Fsp3) is 0.594. The Hall–Kier alpha value is -2.21. The van der Waals surface area contributed by atoms with Crippen molar-refractivity contribution >= 4 is 5.97 Å². The van der Waals surface area contributed by atoms with Crippen LogP contribution in [0.15, 0.2) is 60.7 Å². The van der Waals surface area contributed by atoms with Crippen molar-refractivity contribution in [3.8, 4) is 0 Å². The van der Waals surface area contributed by atoms with Crippen LogP contribution in [-0.4, -0.2) is 66.2 Å². The predicted octanol–water partition coefficient (Wildman–Crippen LogP) is 5.66. The summed E-state index contributed by atoms with van der Waals surface area (Å²) in [5.41, 5.74) is 2.61. The zero-order valence-corrected chi connectivity index (χ0v) is 22.2. The Kier molecular flexibility index (Phi) is 9.30. The molecule has 1 aliphatic carbocycles. The molecule has 0 amide bonds. The molecule has 2 saturated heterocycles. The van der Waals surface area contributed by atoms with Crippen LogP contribution >= 0.6 is 0 Å². The van der Waals surface area contributed by atoms with Crippen LogP contribution < -0.4 is 0 Å². The molecule has 3 fully saturated rings. The molecule has 3 unspecified atom stereocenters. The van der Waals surface area contributed by atoms with Gasteiger partial charge in [-0.25, -0.2) is 0 Å². The number of rotatable bonds is 10. The van der Waals surface area contributed by atoms with Crippen LogP contribution in [0.2, 0.25) is 0 Å². The minimum Gasteiger partial charge on any atom is -0.480 e. The van der Waals surface area contributed by atoms with E-state index in [4.69, 9.17) is 4.74 Å². The Balaban J connectivity index is 1.17. The SMILES string of the molecule is O=C(O)C(C1CCCCC1)N1CC(CN2CCC(COCc3ccccc3)CC2)C(c2ccccc2)C1. The number of carbonyl (C=O) groups is 1. The third-order valence-electron chi connectivity index (χ3n) is 9.10. The Bertz CT molecular complexity index is 955. The molecular weight excluding hydrogens is 460 g/mol. The van der Waals surface area contributed by atoms with Gasteiger partial charge in [-0.1, -0.05) is 79.9 Å². The lowest BCUT2D eigenvalue weighted by atomic mass is 9.83. The molecule has 2 aromatic rings. The first-order valence-corrected chi connectivity index (χ1v) is 14.5. The van der Waals surface area contributed by atoms with Crippen molar-refractivity contribution in [3.63, 3.8) is 0 Å². The van der Waals surface area contributed by atoms with Crippen LogP contribution in [-0.2, 0) is 16.1 Å². The normalized spacial score (nSPS) is 25.3. The molecule has 37 heavy (non-hydrogen) atoms. The van der Waals surface area contributed by atoms with Gasteiger partial charge in [-0.3, -0.25) is 9.69 Å². The van der Waals surface area contributed by atoms with Crippen LogP contribution in [0.1, 0.15) is 62.0 Å². The average Bonchev–Trinajstić information content (AvgIpc) is 3.34. The second-order valence-electron chi connectivity index (χ2n) is 11.7. The van der Waals surface area contributed by atoms with Crippen LogP contribution in [0, 0.1) is 17.8 Å². The fourth-order valence-electron chi connectivity index (χ4n) is 7.09. The first kappa shape index (κ1) is 26.4. The van der Waals surface area contributed by atoms with Crippen molar-refractivity contribution < 1.29 is 14.6 Å². The lowest BCUT2D eigenvalue weighted by molar-refractivity contribution is -0.145. The summed E-state index contributed by atoms with van der Waals surface area (Å²) in [4.78, 5) is 17.4. The predicted molar refractivity (Wildman–Crippen MR) is 148 cm³/mol. The maximum Gasteiger partial charge on any atom is 0.321 e. The number of nitrogens with zero attached hydrogens (tertiary/aromatic N) is 2. The van der Waals surface area contributed by atoms with Gasteiger partial charge in [0.25, 0.3) is 0 Å². The van der Waals surface area contributed by atoms with Crippen molar-refractivity contribution in [2.75, 3.05) is 39.3 Å². The van der Waals surface area contributed by atoms with Crippen molar-refractivity contribution in [1.29, 1.82) is 0 Å². The highest BCUT2D eigenvalue weighted by Gasteiger charge is 2.43. The molecule has 0 radical (unpaired) electrons. The van der Waals surface area contributed by atoms with Crippen LogP contribution in [0.25, 0.3) is 0 Å². The molecule has 1 N–H and O–H groups in total. The topological polar surface area (TPSA) is 53.0 Å². The summed E-state index contributed by atoms with van der Waals surface area (Å²) in [5.74, 6) is 1.19. The molecule has 2 aliphatic heterocycles. The van der Waals surface area contributed by atoms with E-state index in [1.54, 1.807) is 0 Å². The van der Waals surface area contributed by atoms with Gasteiger partial charge in [0.15, 0.2) is 0 Å². The average molecular weight is 505 g/mol. The second-order valence-corrected chi connectivity index (χ2v) is 11.7. The summed E-state index contributed by atoms with van der Waals surface area (Å²) in [7, 11) is 0. The summed E-state index contributed by atoms with van der Waals surface area (Å²) in [5, 5.41) is 10.3. The van der Waals surface area contributed by atoms with Gasteiger partial charge in [0.05, 0.1) is 6.61 Å². The third-order valence-corrected chi connectivity index (χ3v) is 9.10. The summed E-state index contributed by atoms with van der Waals surface area (Å²) in [6, 6.07) is 20.9. The molecular formula is C32H44N2O3. The molecule has 0 bridgehead atoms. The molecule has 200 valence electrons. The van der Waals surface area contributed by atoms with E-state index in [1.165, 1.54) is 43.2 Å². The Morgan fingerprint density at radius 3 is 2.24 bits per heavy atom. The third kappa shape index (κ3) is 7.01. The van der Waals surface area contributed by atoms with Crippen LogP contribution in [0.4, 0.5) is 0 Å². The molecule has 2 aromatic carbocycles. The standard InChI is InChI=1S/C32H44N2O3/c35-32(36)31(28-14-8-3-9-15-28)34-21-29(30(22-34)27-12-6-2-7-13-27)20-33-18-16-26(17-19-33)24-37-23-25-10-4-1-5-11-25/h1-2,4-7,10-13,26,28-31H,3,8-9,14-24H2,(H,35,36). The summed E-state index contributed by atoms with van der Waals surface area (Å²) in [6.07, 6.45) is 8.10. The minimum atomic E-state index is -0.615. The molecule has 2 heterocycles. The van der Waals surface area contributed by atoms with Gasteiger partial charge in [0, 0.05) is 32.2 Å². The highest BCUT2D eigenvalue weighted by atomic mass is 16.5. The molecule has 5 rings (SSSR count). The van der Waals surface area contributed by atoms with E-state index in [1.807, 2.05) is 6.07 Å². The van der Waals surface area contributed by atoms with Gasteiger partial charge in [0.1, 0.15) is 6.04 Å². The number of carboxylic acids is 1. The maximum absolute atomic E-state index is 12.5. The Morgan fingerprint density at radius 2 is 1.57 bits per heavy atom. The second kappa shape index (κ2) is 13.0. The molecule has 0 aromatic heterocycles. The van der Waals surface area contributed by atoms with Crippen molar-refractivity contribution in [1.82, 2.24) is 9.80 Å².